The summed E-state index contributed by atoms with van der Waals surface area (Å²) < 4.78 is 0. The minimum Gasteiger partial charge on any atom is -0.357 e. The number of aromatic nitrogens is 2. The van der Waals surface area contributed by atoms with Crippen molar-refractivity contribution in [1.29, 1.82) is 0 Å². The van der Waals surface area contributed by atoms with Gasteiger partial charge in [-0.25, -0.2) is 9.97 Å². The number of halogens is 1. The molecule has 0 aromatic carbocycles. The molecule has 0 amide bonds. The summed E-state index contributed by atoms with van der Waals surface area (Å²) in [6, 6.07) is 0. The Kier molecular flexibility index (Phi) is 10.5. The lowest BCUT2D eigenvalue weighted by atomic mass is 10.3. The van der Waals surface area contributed by atoms with Crippen LogP contribution in [0.4, 0.5) is 0 Å². The summed E-state index contributed by atoms with van der Waals surface area (Å²) in [5, 5.41) is 11.2. The van der Waals surface area contributed by atoms with Crippen LogP contribution in [0.25, 0.3) is 0 Å². The number of nitrogens with zero attached hydrogens (tertiary/aromatic N) is 3. The van der Waals surface area contributed by atoms with Gasteiger partial charge in [-0.3, -0.25) is 4.99 Å². The SMILES string of the molecule is CCNC(=NCCCc1nc(C)cs1)NCCc1nc(C)c(C)s1.I. The van der Waals surface area contributed by atoms with Crippen LogP contribution in [0, 0.1) is 20.8 Å². The van der Waals surface area contributed by atoms with Crippen LogP contribution in [0.3, 0.4) is 0 Å². The van der Waals surface area contributed by atoms with E-state index in [2.05, 4.69) is 51.7 Å². The van der Waals surface area contributed by atoms with E-state index >= 15 is 0 Å². The Hall–Kier alpha value is -0.740. The van der Waals surface area contributed by atoms with Crippen LogP contribution >= 0.6 is 46.7 Å². The van der Waals surface area contributed by atoms with Gasteiger partial charge < -0.3 is 10.6 Å². The monoisotopic (exact) mass is 493 g/mol. The highest BCUT2D eigenvalue weighted by Gasteiger charge is 2.04. The first-order valence-electron chi connectivity index (χ1n) is 8.44. The number of thiazole rings is 2. The van der Waals surface area contributed by atoms with E-state index in [1.807, 2.05) is 6.92 Å². The highest BCUT2D eigenvalue weighted by atomic mass is 127. The lowest BCUT2D eigenvalue weighted by molar-refractivity contribution is 0.772. The van der Waals surface area contributed by atoms with Gasteiger partial charge in [0.05, 0.1) is 15.7 Å². The minimum atomic E-state index is 0. The fraction of sp³-hybridized carbons (Fsp3) is 0.588. The van der Waals surface area contributed by atoms with Crippen molar-refractivity contribution in [1.82, 2.24) is 20.6 Å². The molecule has 0 spiro atoms. The zero-order valence-corrected chi connectivity index (χ0v) is 19.3. The van der Waals surface area contributed by atoms with Crippen LogP contribution in [0.5, 0.6) is 0 Å². The molecule has 0 fully saturated rings. The van der Waals surface area contributed by atoms with Crippen LogP contribution in [-0.4, -0.2) is 35.6 Å². The Balaban J connectivity index is 0.00000312. The second-order valence-electron chi connectivity index (χ2n) is 5.67. The van der Waals surface area contributed by atoms with Gasteiger partial charge in [-0.05, 0) is 34.1 Å². The lowest BCUT2D eigenvalue weighted by Gasteiger charge is -2.10. The molecule has 2 N–H and O–H groups in total. The molecule has 0 unspecified atom stereocenters. The Morgan fingerprint density at radius 1 is 1.12 bits per heavy atom. The van der Waals surface area contributed by atoms with Gasteiger partial charge in [-0.15, -0.1) is 46.7 Å². The van der Waals surface area contributed by atoms with Gasteiger partial charge in [0.1, 0.15) is 0 Å². The summed E-state index contributed by atoms with van der Waals surface area (Å²) in [5.41, 5.74) is 2.26. The van der Waals surface area contributed by atoms with Gasteiger partial charge in [0.15, 0.2) is 5.96 Å². The maximum atomic E-state index is 4.64. The largest absolute Gasteiger partial charge is 0.357 e. The van der Waals surface area contributed by atoms with Gasteiger partial charge in [0.25, 0.3) is 0 Å². The van der Waals surface area contributed by atoms with Gasteiger partial charge >= 0.3 is 0 Å². The molecule has 8 heteroatoms. The molecule has 0 aliphatic rings. The first kappa shape index (κ1) is 22.3. The standard InChI is InChI=1S/C17H27N5S2.HI/c1-5-18-17(19-9-6-7-15-21-12(2)11-23-15)20-10-8-16-22-13(3)14(4)24-16;/h11H,5-10H2,1-4H3,(H2,18,19,20);1H. The molecular formula is C17H28IN5S2. The molecular weight excluding hydrogens is 465 g/mol. The number of aryl methyl sites for hydroxylation is 4. The second-order valence-corrected chi connectivity index (χ2v) is 7.90. The van der Waals surface area contributed by atoms with Crippen LogP contribution < -0.4 is 10.6 Å². The number of guanidine groups is 1. The molecule has 0 bridgehead atoms. The number of aliphatic imine (C=N–C) groups is 1. The van der Waals surface area contributed by atoms with E-state index in [0.29, 0.717) is 0 Å². The smallest absolute Gasteiger partial charge is 0.191 e. The first-order chi connectivity index (χ1) is 11.6. The van der Waals surface area contributed by atoms with E-state index in [4.69, 9.17) is 0 Å². The maximum absolute atomic E-state index is 4.64. The molecule has 0 radical (unpaired) electrons. The predicted octanol–water partition coefficient (Wildman–Crippen LogP) is 3.87. The van der Waals surface area contributed by atoms with E-state index in [0.717, 1.165) is 56.2 Å². The quantitative estimate of drug-likeness (QED) is 0.254. The average molecular weight is 493 g/mol. The average Bonchev–Trinajstić information content (AvgIpc) is 3.09. The van der Waals surface area contributed by atoms with Crippen LogP contribution in [0.2, 0.25) is 0 Å². The molecule has 0 saturated carbocycles. The second kappa shape index (κ2) is 11.8. The van der Waals surface area contributed by atoms with Crippen LogP contribution in [0.15, 0.2) is 10.4 Å². The molecule has 2 aromatic heterocycles. The number of nitrogens with one attached hydrogen (secondary N) is 2. The molecule has 0 aliphatic heterocycles. The van der Waals surface area contributed by atoms with Gasteiger partial charge in [-0.1, -0.05) is 0 Å². The van der Waals surface area contributed by atoms with Crippen molar-refractivity contribution >= 4 is 52.6 Å². The van der Waals surface area contributed by atoms with Crippen molar-refractivity contribution in [3.8, 4) is 0 Å². The van der Waals surface area contributed by atoms with Crippen molar-refractivity contribution in [2.45, 2.75) is 47.0 Å². The summed E-state index contributed by atoms with van der Waals surface area (Å²) in [6.45, 7) is 10.8. The lowest BCUT2D eigenvalue weighted by Crippen LogP contribution is -2.38. The minimum absolute atomic E-state index is 0. The normalized spacial score (nSPS) is 11.3. The third kappa shape index (κ3) is 8.00. The van der Waals surface area contributed by atoms with E-state index < -0.39 is 0 Å². The zero-order valence-electron chi connectivity index (χ0n) is 15.4. The third-order valence-corrected chi connectivity index (χ3v) is 5.69. The highest BCUT2D eigenvalue weighted by molar-refractivity contribution is 14.0. The Bertz CT molecular complexity index is 646. The summed E-state index contributed by atoms with van der Waals surface area (Å²) in [5.74, 6) is 0.887. The van der Waals surface area contributed by atoms with Gasteiger partial charge in [-0.2, -0.15) is 0 Å². The van der Waals surface area contributed by atoms with Gasteiger partial charge in [0.2, 0.25) is 0 Å². The van der Waals surface area contributed by atoms with Crippen LogP contribution in [-0.2, 0) is 12.8 Å². The first-order valence-corrected chi connectivity index (χ1v) is 10.1. The van der Waals surface area contributed by atoms with E-state index in [9.17, 15) is 0 Å². The van der Waals surface area contributed by atoms with Crippen LogP contribution in [0.1, 0.15) is 39.6 Å². The molecule has 0 atom stereocenters. The summed E-state index contributed by atoms with van der Waals surface area (Å²) in [6.07, 6.45) is 2.95. The van der Waals surface area contributed by atoms with Crippen molar-refractivity contribution in [3.63, 3.8) is 0 Å². The predicted molar refractivity (Wildman–Crippen MR) is 120 cm³/mol. The fourth-order valence-electron chi connectivity index (χ4n) is 2.21. The maximum Gasteiger partial charge on any atom is 0.191 e. The van der Waals surface area contributed by atoms with E-state index in [-0.39, 0.29) is 24.0 Å². The Labute approximate surface area is 175 Å². The molecule has 0 saturated heterocycles. The Morgan fingerprint density at radius 2 is 1.92 bits per heavy atom. The van der Waals surface area contributed by atoms with E-state index in [1.54, 1.807) is 22.7 Å². The van der Waals surface area contributed by atoms with Crippen molar-refractivity contribution in [2.75, 3.05) is 19.6 Å². The molecule has 2 aromatic rings. The third-order valence-electron chi connectivity index (χ3n) is 3.53. The molecule has 5 nitrogen and oxygen atoms in total. The molecule has 2 rings (SSSR count). The fourth-order valence-corrected chi connectivity index (χ4v) is 3.97. The van der Waals surface area contributed by atoms with E-state index in [1.165, 1.54) is 14.9 Å². The summed E-state index contributed by atoms with van der Waals surface area (Å²) >= 11 is 3.52. The van der Waals surface area contributed by atoms with Crippen molar-refractivity contribution in [2.24, 2.45) is 4.99 Å². The van der Waals surface area contributed by atoms with Gasteiger partial charge in [0, 0.05) is 48.4 Å². The molecule has 2 heterocycles. The summed E-state index contributed by atoms with van der Waals surface area (Å²) in [4.78, 5) is 15.0. The molecule has 0 aliphatic carbocycles. The molecule has 25 heavy (non-hydrogen) atoms. The number of hydrogen-bond acceptors (Lipinski definition) is 5. The van der Waals surface area contributed by atoms with Crippen molar-refractivity contribution < 1.29 is 0 Å². The van der Waals surface area contributed by atoms with Crippen molar-refractivity contribution in [3.05, 3.63) is 31.7 Å². The topological polar surface area (TPSA) is 62.2 Å². The zero-order chi connectivity index (χ0) is 17.4. The Morgan fingerprint density at radius 3 is 2.52 bits per heavy atom. The summed E-state index contributed by atoms with van der Waals surface area (Å²) in [7, 11) is 0. The number of hydrogen-bond donors (Lipinski definition) is 2. The highest BCUT2D eigenvalue weighted by Crippen LogP contribution is 2.16. The molecule has 140 valence electrons. The number of rotatable bonds is 8.